The molecule has 0 aliphatic carbocycles. The Bertz CT molecular complexity index is 435. The summed E-state index contributed by atoms with van der Waals surface area (Å²) in [5, 5.41) is 19.0. The molecule has 4 heteroatoms. The lowest BCUT2D eigenvalue weighted by atomic mass is 10.0. The molecule has 1 unspecified atom stereocenters. The monoisotopic (exact) mass is 217 g/mol. The van der Waals surface area contributed by atoms with Crippen LogP contribution in [-0.4, -0.2) is 29.0 Å². The van der Waals surface area contributed by atoms with Gasteiger partial charge in [0.25, 0.3) is 0 Å². The van der Waals surface area contributed by atoms with Gasteiger partial charge in [0.05, 0.1) is 18.8 Å². The second kappa shape index (κ2) is 4.92. The first kappa shape index (κ1) is 10.9. The van der Waals surface area contributed by atoms with Gasteiger partial charge >= 0.3 is 0 Å². The van der Waals surface area contributed by atoms with Crippen molar-refractivity contribution in [1.29, 1.82) is 0 Å². The van der Waals surface area contributed by atoms with Gasteiger partial charge in [0.1, 0.15) is 0 Å². The van der Waals surface area contributed by atoms with Crippen LogP contribution in [0.25, 0.3) is 11.1 Å². The zero-order valence-corrected chi connectivity index (χ0v) is 9.14. The van der Waals surface area contributed by atoms with E-state index in [0.717, 1.165) is 16.7 Å². The zero-order valence-electron chi connectivity index (χ0n) is 9.14. The molecule has 0 amide bonds. The van der Waals surface area contributed by atoms with Crippen molar-refractivity contribution in [2.75, 3.05) is 13.7 Å². The number of aliphatic hydroxyl groups is 1. The molecule has 84 valence electrons. The van der Waals surface area contributed by atoms with Crippen molar-refractivity contribution in [3.8, 4) is 11.1 Å². The molecule has 0 saturated heterocycles. The number of aromatic amines is 1. The molecule has 4 nitrogen and oxygen atoms in total. The Morgan fingerprint density at radius 2 is 2.31 bits per heavy atom. The molecular formula is C12H15N3O. The molecule has 0 bridgehead atoms. The Morgan fingerprint density at radius 3 is 2.94 bits per heavy atom. The number of benzene rings is 1. The van der Waals surface area contributed by atoms with E-state index in [9.17, 15) is 5.11 Å². The van der Waals surface area contributed by atoms with E-state index >= 15 is 0 Å². The predicted octanol–water partition coefficient (Wildman–Crippen LogP) is 1.33. The maximum atomic E-state index is 9.22. The molecule has 3 N–H and O–H groups in total. The number of aliphatic hydroxyl groups excluding tert-OH is 1. The SMILES string of the molecule is CNC(CO)c1cccc(-c2cn[nH]c2)c1. The molecule has 1 aromatic heterocycles. The molecule has 2 rings (SSSR count). The Labute approximate surface area is 94.3 Å². The normalized spacial score (nSPS) is 12.6. The highest BCUT2D eigenvalue weighted by Crippen LogP contribution is 2.21. The molecule has 16 heavy (non-hydrogen) atoms. The maximum absolute atomic E-state index is 9.22. The fourth-order valence-electron chi connectivity index (χ4n) is 1.71. The summed E-state index contributed by atoms with van der Waals surface area (Å²) in [6.45, 7) is 0.0886. The first-order chi connectivity index (χ1) is 7.85. The van der Waals surface area contributed by atoms with Crippen LogP contribution in [-0.2, 0) is 0 Å². The molecule has 1 heterocycles. The average molecular weight is 217 g/mol. The van der Waals surface area contributed by atoms with Crippen LogP contribution in [0.5, 0.6) is 0 Å². The number of aromatic nitrogens is 2. The molecule has 0 saturated carbocycles. The number of nitrogens with one attached hydrogen (secondary N) is 2. The second-order valence-corrected chi connectivity index (χ2v) is 3.64. The van der Waals surface area contributed by atoms with E-state index in [1.807, 2.05) is 31.4 Å². The summed E-state index contributed by atoms with van der Waals surface area (Å²) in [4.78, 5) is 0. The molecule has 0 spiro atoms. The summed E-state index contributed by atoms with van der Waals surface area (Å²) in [6, 6.07) is 8.05. The van der Waals surface area contributed by atoms with Crippen LogP contribution >= 0.6 is 0 Å². The Morgan fingerprint density at radius 1 is 1.44 bits per heavy atom. The highest BCUT2D eigenvalue weighted by atomic mass is 16.3. The van der Waals surface area contributed by atoms with E-state index in [1.165, 1.54) is 0 Å². The molecular weight excluding hydrogens is 202 g/mol. The fourth-order valence-corrected chi connectivity index (χ4v) is 1.71. The van der Waals surface area contributed by atoms with Crippen LogP contribution < -0.4 is 5.32 Å². The van der Waals surface area contributed by atoms with Gasteiger partial charge < -0.3 is 10.4 Å². The fraction of sp³-hybridized carbons (Fsp3) is 0.250. The Kier molecular flexibility index (Phi) is 3.34. The average Bonchev–Trinajstić information content (AvgIpc) is 2.85. The zero-order chi connectivity index (χ0) is 11.4. The quantitative estimate of drug-likeness (QED) is 0.724. The third kappa shape index (κ3) is 2.13. The first-order valence-corrected chi connectivity index (χ1v) is 5.22. The van der Waals surface area contributed by atoms with E-state index in [1.54, 1.807) is 6.20 Å². The number of nitrogens with zero attached hydrogens (tertiary/aromatic N) is 1. The van der Waals surface area contributed by atoms with Crippen molar-refractivity contribution >= 4 is 0 Å². The van der Waals surface area contributed by atoms with Crippen molar-refractivity contribution in [3.63, 3.8) is 0 Å². The van der Waals surface area contributed by atoms with Gasteiger partial charge in [-0.15, -0.1) is 0 Å². The molecule has 1 atom stereocenters. The van der Waals surface area contributed by atoms with E-state index in [0.29, 0.717) is 0 Å². The van der Waals surface area contributed by atoms with Gasteiger partial charge in [0.15, 0.2) is 0 Å². The van der Waals surface area contributed by atoms with Crippen LogP contribution in [0.3, 0.4) is 0 Å². The highest BCUT2D eigenvalue weighted by Gasteiger charge is 2.08. The summed E-state index contributed by atoms with van der Waals surface area (Å²) in [5.74, 6) is 0. The van der Waals surface area contributed by atoms with Crippen LogP contribution in [0.4, 0.5) is 0 Å². The summed E-state index contributed by atoms with van der Waals surface area (Å²) in [6.07, 6.45) is 3.64. The number of H-pyrrole nitrogens is 1. The van der Waals surface area contributed by atoms with Gasteiger partial charge in [0.2, 0.25) is 0 Å². The molecule has 0 fully saturated rings. The minimum absolute atomic E-state index is 0.0214. The minimum atomic E-state index is -0.0214. The minimum Gasteiger partial charge on any atom is -0.394 e. The highest BCUT2D eigenvalue weighted by molar-refractivity contribution is 5.62. The van der Waals surface area contributed by atoms with Crippen molar-refractivity contribution in [2.24, 2.45) is 0 Å². The number of hydrogen-bond acceptors (Lipinski definition) is 3. The molecule has 1 aromatic carbocycles. The van der Waals surface area contributed by atoms with Gasteiger partial charge in [0, 0.05) is 11.8 Å². The number of hydrogen-bond donors (Lipinski definition) is 3. The predicted molar refractivity (Wildman–Crippen MR) is 62.9 cm³/mol. The van der Waals surface area contributed by atoms with Gasteiger partial charge in [-0.25, -0.2) is 0 Å². The molecule has 2 aromatic rings. The largest absolute Gasteiger partial charge is 0.394 e. The van der Waals surface area contributed by atoms with Crippen molar-refractivity contribution in [2.45, 2.75) is 6.04 Å². The van der Waals surface area contributed by atoms with Crippen molar-refractivity contribution < 1.29 is 5.11 Å². The lowest BCUT2D eigenvalue weighted by Gasteiger charge is -2.14. The molecule has 0 aliphatic heterocycles. The topological polar surface area (TPSA) is 60.9 Å². The van der Waals surface area contributed by atoms with E-state index in [-0.39, 0.29) is 12.6 Å². The second-order valence-electron chi connectivity index (χ2n) is 3.64. The first-order valence-electron chi connectivity index (χ1n) is 5.22. The van der Waals surface area contributed by atoms with E-state index in [2.05, 4.69) is 21.6 Å². The Hall–Kier alpha value is -1.65. The summed E-state index contributed by atoms with van der Waals surface area (Å²) in [5.41, 5.74) is 3.22. The molecule has 0 aliphatic rings. The maximum Gasteiger partial charge on any atom is 0.0626 e. The van der Waals surface area contributed by atoms with Crippen molar-refractivity contribution in [1.82, 2.24) is 15.5 Å². The third-order valence-electron chi connectivity index (χ3n) is 2.65. The van der Waals surface area contributed by atoms with E-state index < -0.39 is 0 Å². The van der Waals surface area contributed by atoms with Gasteiger partial charge in [-0.05, 0) is 24.2 Å². The van der Waals surface area contributed by atoms with Gasteiger partial charge in [-0.1, -0.05) is 18.2 Å². The van der Waals surface area contributed by atoms with Crippen LogP contribution in [0.15, 0.2) is 36.7 Å². The van der Waals surface area contributed by atoms with Crippen molar-refractivity contribution in [3.05, 3.63) is 42.2 Å². The Balaban J connectivity index is 2.33. The summed E-state index contributed by atoms with van der Waals surface area (Å²) in [7, 11) is 1.84. The lowest BCUT2D eigenvalue weighted by molar-refractivity contribution is 0.251. The number of likely N-dealkylation sites (N-methyl/N-ethyl adjacent to an activating group) is 1. The summed E-state index contributed by atoms with van der Waals surface area (Å²) < 4.78 is 0. The summed E-state index contributed by atoms with van der Waals surface area (Å²) >= 11 is 0. The van der Waals surface area contributed by atoms with E-state index in [4.69, 9.17) is 0 Å². The van der Waals surface area contributed by atoms with Crippen LogP contribution in [0.2, 0.25) is 0 Å². The number of rotatable bonds is 4. The third-order valence-corrected chi connectivity index (χ3v) is 2.65. The van der Waals surface area contributed by atoms with Gasteiger partial charge in [-0.3, -0.25) is 5.10 Å². The van der Waals surface area contributed by atoms with Crippen LogP contribution in [0.1, 0.15) is 11.6 Å². The lowest BCUT2D eigenvalue weighted by Crippen LogP contribution is -2.19. The van der Waals surface area contributed by atoms with Crippen LogP contribution in [0, 0.1) is 0 Å². The standard InChI is InChI=1S/C12H15N3O/c1-13-12(8-16)10-4-2-3-9(5-10)11-6-14-15-7-11/h2-7,12-13,16H,8H2,1H3,(H,14,15). The molecule has 0 radical (unpaired) electrons. The van der Waals surface area contributed by atoms with Gasteiger partial charge in [-0.2, -0.15) is 5.10 Å². The smallest absolute Gasteiger partial charge is 0.0626 e.